The Morgan fingerprint density at radius 2 is 1.09 bits per heavy atom. The summed E-state index contributed by atoms with van der Waals surface area (Å²) in [6.45, 7) is 9.54. The van der Waals surface area contributed by atoms with E-state index in [2.05, 4.69) is 6.92 Å². The maximum Gasteiger partial charge on any atom is 0.531 e. The van der Waals surface area contributed by atoms with Gasteiger partial charge < -0.3 is 18.4 Å². The molecule has 134 valence electrons. The number of rotatable bonds is 16. The van der Waals surface area contributed by atoms with Crippen LogP contribution in [0.2, 0.25) is 0 Å². The van der Waals surface area contributed by atoms with Gasteiger partial charge in [-0.05, 0) is 27.2 Å². The van der Waals surface area contributed by atoms with Crippen molar-refractivity contribution in [1.29, 1.82) is 0 Å². The Bertz CT molecular complexity index is 222. The molecular weight excluding hydrogens is 296 g/mol. The molecule has 0 aliphatic carbocycles. The van der Waals surface area contributed by atoms with Crippen LogP contribution in [0.3, 0.4) is 0 Å². The van der Waals surface area contributed by atoms with Gasteiger partial charge in [-0.2, -0.15) is 0 Å². The molecule has 0 aromatic rings. The standard InChI is InChI=1S/C17H38O4Si/c1-5-9-10-11-12-13-14-15-16-17(18)22(19-6-2,20-7-3)21-8-4/h17-18H,5-16H2,1-4H3. The van der Waals surface area contributed by atoms with Gasteiger partial charge in [-0.1, -0.05) is 58.3 Å². The van der Waals surface area contributed by atoms with E-state index in [1.54, 1.807) is 0 Å². The van der Waals surface area contributed by atoms with Gasteiger partial charge in [0.15, 0.2) is 0 Å². The van der Waals surface area contributed by atoms with Gasteiger partial charge in [0.2, 0.25) is 0 Å². The Morgan fingerprint density at radius 1 is 0.682 bits per heavy atom. The van der Waals surface area contributed by atoms with E-state index < -0.39 is 14.5 Å². The predicted molar refractivity (Wildman–Crippen MR) is 93.9 cm³/mol. The number of hydrogen-bond donors (Lipinski definition) is 1. The summed E-state index contributed by atoms with van der Waals surface area (Å²) in [6, 6.07) is 0. The number of aliphatic hydroxyl groups is 1. The Kier molecular flexibility index (Phi) is 14.7. The first-order valence-corrected chi connectivity index (χ1v) is 11.1. The van der Waals surface area contributed by atoms with E-state index in [-0.39, 0.29) is 0 Å². The number of unbranched alkanes of at least 4 members (excludes halogenated alkanes) is 7. The van der Waals surface area contributed by atoms with Gasteiger partial charge in [0.05, 0.1) is 0 Å². The molecule has 22 heavy (non-hydrogen) atoms. The molecule has 0 radical (unpaired) electrons. The van der Waals surface area contributed by atoms with Crippen molar-refractivity contribution in [1.82, 2.24) is 0 Å². The van der Waals surface area contributed by atoms with Crippen LogP contribution in [0.25, 0.3) is 0 Å². The molecule has 1 atom stereocenters. The van der Waals surface area contributed by atoms with Crippen LogP contribution >= 0.6 is 0 Å². The molecule has 0 heterocycles. The first-order chi connectivity index (χ1) is 10.7. The highest BCUT2D eigenvalue weighted by Gasteiger charge is 2.48. The van der Waals surface area contributed by atoms with E-state index in [1.165, 1.54) is 38.5 Å². The van der Waals surface area contributed by atoms with Crippen LogP contribution in [0.1, 0.15) is 85.5 Å². The quantitative estimate of drug-likeness (QED) is 0.334. The average Bonchev–Trinajstić information content (AvgIpc) is 2.50. The third-order valence-corrected chi connectivity index (χ3v) is 6.95. The second kappa shape index (κ2) is 14.6. The van der Waals surface area contributed by atoms with Crippen LogP contribution in [-0.2, 0) is 13.3 Å². The molecule has 0 aromatic heterocycles. The van der Waals surface area contributed by atoms with E-state index in [0.29, 0.717) is 26.2 Å². The Balaban J connectivity index is 4.03. The minimum absolute atomic E-state index is 0.515. The van der Waals surface area contributed by atoms with Crippen LogP contribution in [-0.4, -0.2) is 39.5 Å². The van der Waals surface area contributed by atoms with Crippen molar-refractivity contribution in [2.75, 3.05) is 19.8 Å². The second-order valence-corrected chi connectivity index (χ2v) is 8.42. The molecule has 0 saturated carbocycles. The fourth-order valence-corrected chi connectivity index (χ4v) is 5.26. The molecule has 0 aliphatic rings. The highest BCUT2D eigenvalue weighted by molar-refractivity contribution is 6.62. The van der Waals surface area contributed by atoms with E-state index in [9.17, 15) is 5.11 Å². The zero-order valence-corrected chi connectivity index (χ0v) is 16.2. The van der Waals surface area contributed by atoms with Crippen molar-refractivity contribution in [3.05, 3.63) is 0 Å². The molecule has 4 nitrogen and oxygen atoms in total. The molecule has 0 aromatic carbocycles. The molecule has 0 bridgehead atoms. The highest BCUT2D eigenvalue weighted by atomic mass is 28.4. The minimum Gasteiger partial charge on any atom is -0.389 e. The summed E-state index contributed by atoms with van der Waals surface area (Å²) in [4.78, 5) is 0. The topological polar surface area (TPSA) is 47.9 Å². The average molecular weight is 335 g/mol. The van der Waals surface area contributed by atoms with Crippen molar-refractivity contribution < 1.29 is 18.4 Å². The lowest BCUT2D eigenvalue weighted by molar-refractivity contribution is 0.0192. The lowest BCUT2D eigenvalue weighted by Crippen LogP contribution is -2.56. The van der Waals surface area contributed by atoms with Crippen LogP contribution in [0, 0.1) is 0 Å². The van der Waals surface area contributed by atoms with Crippen molar-refractivity contribution in [3.8, 4) is 0 Å². The van der Waals surface area contributed by atoms with Gasteiger partial charge in [-0.25, -0.2) is 0 Å². The van der Waals surface area contributed by atoms with E-state index in [4.69, 9.17) is 13.3 Å². The third-order valence-electron chi connectivity index (χ3n) is 3.78. The molecule has 0 saturated heterocycles. The molecular formula is C17H38O4Si. The summed E-state index contributed by atoms with van der Waals surface area (Å²) < 4.78 is 17.2. The van der Waals surface area contributed by atoms with Crippen LogP contribution in [0.5, 0.6) is 0 Å². The summed E-state index contributed by atoms with van der Waals surface area (Å²) >= 11 is 0. The normalized spacial score (nSPS) is 13.5. The molecule has 0 spiro atoms. The minimum atomic E-state index is -2.93. The number of hydrogen-bond acceptors (Lipinski definition) is 4. The van der Waals surface area contributed by atoms with Gasteiger partial charge in [0, 0.05) is 19.8 Å². The Hall–Kier alpha value is 0.0569. The van der Waals surface area contributed by atoms with Gasteiger partial charge in [-0.15, -0.1) is 0 Å². The third kappa shape index (κ3) is 9.25. The first-order valence-electron chi connectivity index (χ1n) is 9.26. The maximum absolute atomic E-state index is 10.5. The van der Waals surface area contributed by atoms with Gasteiger partial charge >= 0.3 is 8.80 Å². The number of aliphatic hydroxyl groups excluding tert-OH is 1. The summed E-state index contributed by atoms with van der Waals surface area (Å²) in [5.41, 5.74) is -0.604. The predicted octanol–water partition coefficient (Wildman–Crippen LogP) is 4.47. The molecule has 0 aliphatic heterocycles. The lowest BCUT2D eigenvalue weighted by Gasteiger charge is -2.32. The highest BCUT2D eigenvalue weighted by Crippen LogP contribution is 2.20. The first kappa shape index (κ1) is 22.1. The summed E-state index contributed by atoms with van der Waals surface area (Å²) in [5, 5.41) is 10.5. The zero-order chi connectivity index (χ0) is 16.7. The molecule has 1 N–H and O–H groups in total. The largest absolute Gasteiger partial charge is 0.531 e. The van der Waals surface area contributed by atoms with Gasteiger partial charge in [0.25, 0.3) is 0 Å². The monoisotopic (exact) mass is 334 g/mol. The van der Waals surface area contributed by atoms with Crippen molar-refractivity contribution >= 4 is 8.80 Å². The fourth-order valence-electron chi connectivity index (χ4n) is 2.67. The Morgan fingerprint density at radius 3 is 1.50 bits per heavy atom. The molecule has 0 rings (SSSR count). The smallest absolute Gasteiger partial charge is 0.389 e. The second-order valence-electron chi connectivity index (χ2n) is 5.68. The van der Waals surface area contributed by atoms with Crippen molar-refractivity contribution in [3.63, 3.8) is 0 Å². The molecule has 0 fully saturated rings. The summed E-state index contributed by atoms with van der Waals surface area (Å²) in [5.74, 6) is 0. The molecule has 5 heteroatoms. The summed E-state index contributed by atoms with van der Waals surface area (Å²) in [7, 11) is -2.93. The molecule has 0 amide bonds. The summed E-state index contributed by atoms with van der Waals surface area (Å²) in [6.07, 6.45) is 10.8. The van der Waals surface area contributed by atoms with Crippen molar-refractivity contribution in [2.45, 2.75) is 91.2 Å². The van der Waals surface area contributed by atoms with Crippen LogP contribution < -0.4 is 0 Å². The van der Waals surface area contributed by atoms with Crippen LogP contribution in [0.4, 0.5) is 0 Å². The van der Waals surface area contributed by atoms with E-state index in [0.717, 1.165) is 12.8 Å². The Labute approximate surface area is 138 Å². The fraction of sp³-hybridized carbons (Fsp3) is 1.00. The molecule has 1 unspecified atom stereocenters. The SMILES string of the molecule is CCCCCCCCCCC(O)[Si](OCC)(OCC)OCC. The zero-order valence-electron chi connectivity index (χ0n) is 15.2. The van der Waals surface area contributed by atoms with Gasteiger partial charge in [0.1, 0.15) is 5.73 Å². The van der Waals surface area contributed by atoms with E-state index >= 15 is 0 Å². The van der Waals surface area contributed by atoms with Gasteiger partial charge in [-0.3, -0.25) is 0 Å². The van der Waals surface area contributed by atoms with Crippen molar-refractivity contribution in [2.24, 2.45) is 0 Å². The lowest BCUT2D eigenvalue weighted by atomic mass is 10.1. The van der Waals surface area contributed by atoms with E-state index in [1.807, 2.05) is 20.8 Å². The van der Waals surface area contributed by atoms with Crippen LogP contribution in [0.15, 0.2) is 0 Å². The maximum atomic E-state index is 10.5.